The number of aliphatic hydroxyl groups is 1. The number of nitrogens with one attached hydrogen (secondary N) is 2. The molecule has 26 heavy (non-hydrogen) atoms. The monoisotopic (exact) mass is 363 g/mol. The van der Waals surface area contributed by atoms with Crippen LogP contribution in [0.15, 0.2) is 23.2 Å². The van der Waals surface area contributed by atoms with Crippen LogP contribution in [0, 0.1) is 12.3 Å². The average Bonchev–Trinajstić information content (AvgIpc) is 2.66. The van der Waals surface area contributed by atoms with E-state index in [1.54, 1.807) is 7.11 Å². The van der Waals surface area contributed by atoms with Gasteiger partial charge in [-0.05, 0) is 62.1 Å². The number of methoxy groups -OCH3 is 1. The number of hydrogen-bond donors (Lipinski definition) is 3. The van der Waals surface area contributed by atoms with Crippen LogP contribution >= 0.6 is 0 Å². The van der Waals surface area contributed by atoms with Crippen LogP contribution < -0.4 is 15.4 Å². The van der Waals surface area contributed by atoms with Gasteiger partial charge in [-0.2, -0.15) is 0 Å². The Morgan fingerprint density at radius 1 is 1.19 bits per heavy atom. The summed E-state index contributed by atoms with van der Waals surface area (Å²) in [4.78, 5) is 4.78. The highest BCUT2D eigenvalue weighted by Gasteiger charge is 2.25. The minimum Gasteiger partial charge on any atom is -0.496 e. The number of benzene rings is 1. The number of aliphatic imine (C=N–C) groups is 1. The van der Waals surface area contributed by atoms with Crippen LogP contribution in [0.25, 0.3) is 0 Å². The Labute approximate surface area is 159 Å². The number of aliphatic hydroxyl groups excluding tert-OH is 1. The second-order valence-electron chi connectivity index (χ2n) is 6.86. The quantitative estimate of drug-likeness (QED) is 0.417. The van der Waals surface area contributed by atoms with Crippen LogP contribution in [-0.4, -0.2) is 44.4 Å². The maximum Gasteiger partial charge on any atom is 0.191 e. The van der Waals surface area contributed by atoms with Gasteiger partial charge < -0.3 is 20.5 Å². The van der Waals surface area contributed by atoms with Crippen molar-refractivity contribution in [1.29, 1.82) is 0 Å². The summed E-state index contributed by atoms with van der Waals surface area (Å²) in [5.41, 5.74) is 2.48. The molecule has 0 aliphatic heterocycles. The molecule has 0 aromatic heterocycles. The van der Waals surface area contributed by atoms with Crippen molar-refractivity contribution in [3.05, 3.63) is 29.3 Å². The lowest BCUT2D eigenvalue weighted by atomic mass is 9.79. The predicted molar refractivity (Wildman–Crippen MR) is 110 cm³/mol. The molecular formula is C21H37N3O2. The van der Waals surface area contributed by atoms with E-state index in [1.807, 2.05) is 0 Å². The van der Waals surface area contributed by atoms with Crippen molar-refractivity contribution in [2.24, 2.45) is 10.4 Å². The SMILES string of the molecule is CCNC(=NCC(CC)(CC)CCO)NCCc1ccc(C)c(OC)c1. The second kappa shape index (κ2) is 11.8. The van der Waals surface area contributed by atoms with Crippen molar-refractivity contribution in [1.82, 2.24) is 10.6 Å². The van der Waals surface area contributed by atoms with Crippen LogP contribution in [0.1, 0.15) is 51.2 Å². The van der Waals surface area contributed by atoms with Gasteiger partial charge in [0.2, 0.25) is 0 Å². The Bertz CT molecular complexity index is 554. The predicted octanol–water partition coefficient (Wildman–Crippen LogP) is 3.29. The fraction of sp³-hybridized carbons (Fsp3) is 0.667. The zero-order chi connectivity index (χ0) is 19.4. The summed E-state index contributed by atoms with van der Waals surface area (Å²) in [6, 6.07) is 6.34. The number of guanidine groups is 1. The molecule has 0 unspecified atom stereocenters. The van der Waals surface area contributed by atoms with E-state index in [9.17, 15) is 5.11 Å². The molecule has 0 saturated carbocycles. The fourth-order valence-electron chi connectivity index (χ4n) is 3.08. The Balaban J connectivity index is 2.67. The van der Waals surface area contributed by atoms with Gasteiger partial charge in [0, 0.05) is 26.2 Å². The summed E-state index contributed by atoms with van der Waals surface area (Å²) in [7, 11) is 1.71. The molecule has 0 aliphatic rings. The van der Waals surface area contributed by atoms with E-state index in [2.05, 4.69) is 56.5 Å². The van der Waals surface area contributed by atoms with Gasteiger partial charge >= 0.3 is 0 Å². The molecule has 148 valence electrons. The largest absolute Gasteiger partial charge is 0.496 e. The Kier molecular flexibility index (Phi) is 10.1. The molecule has 0 atom stereocenters. The third-order valence-corrected chi connectivity index (χ3v) is 5.24. The first-order valence-corrected chi connectivity index (χ1v) is 9.80. The van der Waals surface area contributed by atoms with Crippen molar-refractivity contribution in [3.8, 4) is 5.75 Å². The molecule has 1 rings (SSSR count). The van der Waals surface area contributed by atoms with E-state index < -0.39 is 0 Å². The standard InChI is InChI=1S/C21H37N3O2/c1-6-21(7-2,12-14-25)16-24-20(22-8-3)23-13-11-18-10-9-17(4)19(15-18)26-5/h9-10,15,25H,6-8,11-14,16H2,1-5H3,(H2,22,23,24). The van der Waals surface area contributed by atoms with Gasteiger partial charge in [0.25, 0.3) is 0 Å². The van der Waals surface area contributed by atoms with E-state index >= 15 is 0 Å². The van der Waals surface area contributed by atoms with Crippen LogP contribution in [0.5, 0.6) is 5.75 Å². The number of aryl methyl sites for hydroxylation is 1. The highest BCUT2D eigenvalue weighted by atomic mass is 16.5. The third kappa shape index (κ3) is 6.87. The van der Waals surface area contributed by atoms with Gasteiger partial charge in [0.05, 0.1) is 7.11 Å². The summed E-state index contributed by atoms with van der Waals surface area (Å²) in [6.07, 6.45) is 3.75. The minimum absolute atomic E-state index is 0.0847. The van der Waals surface area contributed by atoms with Crippen molar-refractivity contribution >= 4 is 5.96 Å². The Morgan fingerprint density at radius 3 is 2.50 bits per heavy atom. The molecule has 0 amide bonds. The highest BCUT2D eigenvalue weighted by molar-refractivity contribution is 5.79. The average molecular weight is 364 g/mol. The Hall–Kier alpha value is -1.75. The van der Waals surface area contributed by atoms with Gasteiger partial charge in [-0.1, -0.05) is 26.0 Å². The molecule has 0 spiro atoms. The summed E-state index contributed by atoms with van der Waals surface area (Å²) < 4.78 is 5.40. The highest BCUT2D eigenvalue weighted by Crippen LogP contribution is 2.30. The van der Waals surface area contributed by atoms with E-state index in [0.717, 1.165) is 62.6 Å². The molecule has 0 aliphatic carbocycles. The topological polar surface area (TPSA) is 65.9 Å². The lowest BCUT2D eigenvalue weighted by molar-refractivity contribution is 0.175. The number of ether oxygens (including phenoxy) is 1. The molecule has 0 fully saturated rings. The zero-order valence-electron chi connectivity index (χ0n) is 17.2. The van der Waals surface area contributed by atoms with Crippen molar-refractivity contribution < 1.29 is 9.84 Å². The molecule has 0 radical (unpaired) electrons. The van der Waals surface area contributed by atoms with Crippen molar-refractivity contribution in [2.75, 3.05) is 33.4 Å². The first-order valence-electron chi connectivity index (χ1n) is 9.80. The van der Waals surface area contributed by atoms with Gasteiger partial charge in [0.1, 0.15) is 5.75 Å². The Morgan fingerprint density at radius 2 is 1.92 bits per heavy atom. The number of nitrogens with zero attached hydrogens (tertiary/aromatic N) is 1. The van der Waals surface area contributed by atoms with E-state index in [0.29, 0.717) is 0 Å². The van der Waals surface area contributed by atoms with E-state index in [4.69, 9.17) is 9.73 Å². The summed E-state index contributed by atoms with van der Waals surface area (Å²) in [5, 5.41) is 16.1. The van der Waals surface area contributed by atoms with Crippen LogP contribution in [0.4, 0.5) is 0 Å². The van der Waals surface area contributed by atoms with E-state index in [-0.39, 0.29) is 12.0 Å². The molecule has 1 aromatic carbocycles. The molecular weight excluding hydrogens is 326 g/mol. The van der Waals surface area contributed by atoms with Gasteiger partial charge in [0.15, 0.2) is 5.96 Å². The zero-order valence-corrected chi connectivity index (χ0v) is 17.2. The molecule has 5 heteroatoms. The van der Waals surface area contributed by atoms with Crippen molar-refractivity contribution in [2.45, 2.75) is 53.4 Å². The summed E-state index contributed by atoms with van der Waals surface area (Å²) in [6.45, 7) is 11.1. The lowest BCUT2D eigenvalue weighted by Crippen LogP contribution is -2.39. The second-order valence-corrected chi connectivity index (χ2v) is 6.86. The summed E-state index contributed by atoms with van der Waals surface area (Å²) in [5.74, 6) is 1.78. The molecule has 0 bridgehead atoms. The maximum atomic E-state index is 9.37. The lowest BCUT2D eigenvalue weighted by Gasteiger charge is -2.29. The minimum atomic E-state index is 0.0847. The molecule has 5 nitrogen and oxygen atoms in total. The van der Waals surface area contributed by atoms with Crippen LogP contribution in [0.3, 0.4) is 0 Å². The van der Waals surface area contributed by atoms with Crippen LogP contribution in [-0.2, 0) is 6.42 Å². The normalized spacial score (nSPS) is 12.2. The fourth-order valence-corrected chi connectivity index (χ4v) is 3.08. The first-order chi connectivity index (χ1) is 12.5. The van der Waals surface area contributed by atoms with Gasteiger partial charge in [-0.3, -0.25) is 4.99 Å². The van der Waals surface area contributed by atoms with E-state index in [1.165, 1.54) is 5.56 Å². The van der Waals surface area contributed by atoms with Gasteiger partial charge in [-0.25, -0.2) is 0 Å². The van der Waals surface area contributed by atoms with Crippen molar-refractivity contribution in [3.63, 3.8) is 0 Å². The summed E-state index contributed by atoms with van der Waals surface area (Å²) >= 11 is 0. The van der Waals surface area contributed by atoms with Crippen LogP contribution in [0.2, 0.25) is 0 Å². The number of rotatable bonds is 11. The first kappa shape index (κ1) is 22.3. The molecule has 1 aromatic rings. The number of hydrogen-bond acceptors (Lipinski definition) is 3. The maximum absolute atomic E-state index is 9.37. The molecule has 0 saturated heterocycles. The third-order valence-electron chi connectivity index (χ3n) is 5.24. The van der Waals surface area contributed by atoms with Gasteiger partial charge in [-0.15, -0.1) is 0 Å². The smallest absolute Gasteiger partial charge is 0.191 e. The molecule has 3 N–H and O–H groups in total. The molecule has 0 heterocycles.